The molecule has 0 saturated heterocycles. The lowest BCUT2D eigenvalue weighted by atomic mass is 9.87. The van der Waals surface area contributed by atoms with E-state index in [1.54, 1.807) is 20.8 Å². The molecule has 22 heavy (non-hydrogen) atoms. The number of hydrogen-bond donors (Lipinski definition) is 1. The highest BCUT2D eigenvalue weighted by atomic mass is 127. The highest BCUT2D eigenvalue weighted by molar-refractivity contribution is 14.2. The zero-order chi connectivity index (χ0) is 17.1. The van der Waals surface area contributed by atoms with E-state index < -0.39 is 47.2 Å². The van der Waals surface area contributed by atoms with Gasteiger partial charge in [-0.1, -0.05) is 32.9 Å². The molecule has 124 valence electrons. The van der Waals surface area contributed by atoms with Crippen molar-refractivity contribution >= 4 is 35.8 Å². The van der Waals surface area contributed by atoms with Gasteiger partial charge in [-0.05, 0) is 17.5 Å². The standard InChI is InChI=1S/C13H18INO6S/c1-13(2,3)11(12(16)21-4)15-22(19,20)10-8-6-5-7-9(10)14(17)18/h5-8,11,15H,1-4H3/t11-/m1/s1. The minimum atomic E-state index is -4.19. The van der Waals surface area contributed by atoms with Gasteiger partial charge in [-0.3, -0.25) is 4.79 Å². The fourth-order valence-corrected chi connectivity index (χ4v) is 5.58. The summed E-state index contributed by atoms with van der Waals surface area (Å²) >= 11 is -4.00. The Labute approximate surface area is 136 Å². The van der Waals surface area contributed by atoms with Crippen LogP contribution in [-0.2, 0) is 25.7 Å². The van der Waals surface area contributed by atoms with Crippen molar-refractivity contribution in [3.8, 4) is 0 Å². The lowest BCUT2D eigenvalue weighted by Gasteiger charge is -2.28. The number of nitrogens with one attached hydrogen (secondary N) is 1. The first-order valence-corrected chi connectivity index (χ1v) is 10.6. The fourth-order valence-electron chi connectivity index (χ4n) is 1.71. The molecule has 0 fully saturated rings. The molecular formula is C13H18INO6S. The zero-order valence-corrected chi connectivity index (χ0v) is 15.6. The molecule has 0 amide bonds. The molecule has 0 bridgehead atoms. The average Bonchev–Trinajstić information content (AvgIpc) is 2.42. The Kier molecular flexibility index (Phi) is 6.04. The monoisotopic (exact) mass is 443 g/mol. The molecule has 1 rings (SSSR count). The van der Waals surface area contributed by atoms with E-state index in [1.165, 1.54) is 24.3 Å². The number of benzene rings is 1. The molecule has 0 aliphatic rings. The Morgan fingerprint density at radius 1 is 1.23 bits per heavy atom. The van der Waals surface area contributed by atoms with Crippen LogP contribution < -0.4 is 4.72 Å². The normalized spacial score (nSPS) is 13.9. The molecular weight excluding hydrogens is 425 g/mol. The summed E-state index contributed by atoms with van der Waals surface area (Å²) in [6.45, 7) is 5.01. The minimum Gasteiger partial charge on any atom is -0.468 e. The third-order valence-electron chi connectivity index (χ3n) is 2.87. The van der Waals surface area contributed by atoms with E-state index in [1.807, 2.05) is 0 Å². The molecule has 9 heteroatoms. The number of ether oxygens (including phenoxy) is 1. The van der Waals surface area contributed by atoms with Crippen LogP contribution in [0.3, 0.4) is 0 Å². The lowest BCUT2D eigenvalue weighted by molar-refractivity contribution is -0.145. The number of sulfonamides is 1. The van der Waals surface area contributed by atoms with Crippen molar-refractivity contribution < 1.29 is 24.1 Å². The zero-order valence-electron chi connectivity index (χ0n) is 12.6. The third-order valence-corrected chi connectivity index (χ3v) is 6.60. The van der Waals surface area contributed by atoms with Gasteiger partial charge >= 0.3 is 25.8 Å². The number of rotatable bonds is 5. The Morgan fingerprint density at radius 3 is 2.23 bits per heavy atom. The summed E-state index contributed by atoms with van der Waals surface area (Å²) in [6, 6.07) is 4.13. The van der Waals surface area contributed by atoms with E-state index in [0.717, 1.165) is 7.11 Å². The van der Waals surface area contributed by atoms with Crippen LogP contribution in [0.2, 0.25) is 0 Å². The predicted octanol–water partition coefficient (Wildman–Crippen LogP) is 1.92. The van der Waals surface area contributed by atoms with Crippen LogP contribution in [0.1, 0.15) is 20.8 Å². The predicted molar refractivity (Wildman–Crippen MR) is 86.1 cm³/mol. The van der Waals surface area contributed by atoms with Gasteiger partial charge in [-0.2, -0.15) is 4.72 Å². The van der Waals surface area contributed by atoms with E-state index in [4.69, 9.17) is 0 Å². The van der Waals surface area contributed by atoms with Crippen LogP contribution in [0.15, 0.2) is 29.2 Å². The first kappa shape index (κ1) is 19.0. The minimum absolute atomic E-state index is 0.239. The molecule has 0 spiro atoms. The van der Waals surface area contributed by atoms with Crippen molar-refractivity contribution in [1.82, 2.24) is 4.72 Å². The van der Waals surface area contributed by atoms with Gasteiger partial charge in [0.15, 0.2) is 0 Å². The van der Waals surface area contributed by atoms with Crippen LogP contribution in [0.25, 0.3) is 0 Å². The Morgan fingerprint density at radius 2 is 1.77 bits per heavy atom. The Bertz CT molecular complexity index is 725. The molecule has 0 aliphatic carbocycles. The number of carbonyl (C=O) groups excluding carboxylic acids is 1. The number of esters is 1. The second-order valence-electron chi connectivity index (χ2n) is 5.59. The molecule has 0 aromatic heterocycles. The summed E-state index contributed by atoms with van der Waals surface area (Å²) in [5, 5.41) is 0. The van der Waals surface area contributed by atoms with Gasteiger partial charge in [0.05, 0.1) is 10.7 Å². The van der Waals surface area contributed by atoms with E-state index in [-0.39, 0.29) is 8.47 Å². The first-order valence-electron chi connectivity index (χ1n) is 6.25. The van der Waals surface area contributed by atoms with Gasteiger partial charge < -0.3 is 4.74 Å². The molecule has 0 heterocycles. The second kappa shape index (κ2) is 7.01. The lowest BCUT2D eigenvalue weighted by Crippen LogP contribution is -2.49. The van der Waals surface area contributed by atoms with Gasteiger partial charge in [0, 0.05) is 0 Å². The van der Waals surface area contributed by atoms with Crippen molar-refractivity contribution in [3.05, 3.63) is 27.8 Å². The Hall–Kier alpha value is -1.07. The van der Waals surface area contributed by atoms with E-state index in [0.29, 0.717) is 0 Å². The van der Waals surface area contributed by atoms with Crippen molar-refractivity contribution in [2.45, 2.75) is 31.7 Å². The molecule has 1 aromatic carbocycles. The maximum absolute atomic E-state index is 12.5. The van der Waals surface area contributed by atoms with E-state index >= 15 is 0 Å². The molecule has 0 unspecified atom stereocenters. The molecule has 1 N–H and O–H groups in total. The van der Waals surface area contributed by atoms with E-state index in [9.17, 15) is 19.4 Å². The molecule has 0 saturated carbocycles. The van der Waals surface area contributed by atoms with Crippen LogP contribution in [0.5, 0.6) is 0 Å². The van der Waals surface area contributed by atoms with Crippen molar-refractivity contribution in [2.75, 3.05) is 7.11 Å². The summed E-state index contributed by atoms with van der Waals surface area (Å²) < 4.78 is 54.1. The summed E-state index contributed by atoms with van der Waals surface area (Å²) in [6.07, 6.45) is 0. The summed E-state index contributed by atoms with van der Waals surface area (Å²) in [4.78, 5) is 11.5. The fraction of sp³-hybridized carbons (Fsp3) is 0.462. The SMILES string of the molecule is COC(=O)[C@@H](NS(=O)(=O)c1ccccc1I(=O)=O)C(C)(C)C. The van der Waals surface area contributed by atoms with Gasteiger partial charge in [-0.15, -0.1) is 0 Å². The quantitative estimate of drug-likeness (QED) is 0.551. The highest BCUT2D eigenvalue weighted by Crippen LogP contribution is 2.27. The third kappa shape index (κ3) is 4.46. The van der Waals surface area contributed by atoms with Gasteiger partial charge in [0.2, 0.25) is 10.0 Å². The summed E-state index contributed by atoms with van der Waals surface area (Å²) in [7, 11) is -3.03. The highest BCUT2D eigenvalue weighted by Gasteiger charge is 2.37. The first-order chi connectivity index (χ1) is 10.0. The summed E-state index contributed by atoms with van der Waals surface area (Å²) in [5.41, 5.74) is -0.748. The van der Waals surface area contributed by atoms with Gasteiger partial charge in [0.1, 0.15) is 10.9 Å². The van der Waals surface area contributed by atoms with Gasteiger partial charge in [-0.25, -0.2) is 14.6 Å². The number of carbonyl (C=O) groups is 1. The number of hydrogen-bond acceptors (Lipinski definition) is 6. The molecule has 0 aliphatic heterocycles. The summed E-state index contributed by atoms with van der Waals surface area (Å²) in [5.74, 6) is -0.742. The molecule has 1 aromatic rings. The largest absolute Gasteiger partial charge is 0.468 e. The number of methoxy groups -OCH3 is 1. The van der Waals surface area contributed by atoms with Crippen LogP contribution in [0, 0.1) is 8.99 Å². The molecule has 7 nitrogen and oxygen atoms in total. The Balaban J connectivity index is 3.33. The van der Waals surface area contributed by atoms with E-state index in [2.05, 4.69) is 9.46 Å². The smallest absolute Gasteiger partial charge is 0.342 e. The van der Waals surface area contributed by atoms with Crippen molar-refractivity contribution in [3.63, 3.8) is 0 Å². The van der Waals surface area contributed by atoms with Crippen LogP contribution >= 0.6 is 19.8 Å². The van der Waals surface area contributed by atoms with Crippen molar-refractivity contribution in [2.24, 2.45) is 5.41 Å². The second-order valence-corrected chi connectivity index (χ2v) is 9.68. The average molecular weight is 443 g/mol. The molecule has 0 radical (unpaired) electrons. The maximum Gasteiger partial charge on any atom is 0.342 e. The van der Waals surface area contributed by atoms with Gasteiger partial charge in [0.25, 0.3) is 0 Å². The van der Waals surface area contributed by atoms with Crippen LogP contribution in [-0.4, -0.2) is 27.5 Å². The van der Waals surface area contributed by atoms with Crippen LogP contribution in [0.4, 0.5) is 0 Å². The topological polar surface area (TPSA) is 107 Å². The number of halogens is 1. The van der Waals surface area contributed by atoms with Crippen molar-refractivity contribution in [1.29, 1.82) is 0 Å². The molecule has 1 atom stereocenters. The maximum atomic E-state index is 12.5.